The van der Waals surface area contributed by atoms with Gasteiger partial charge in [0.25, 0.3) is 0 Å². The Balaban J connectivity index is 2.93. The molecule has 2 nitrogen and oxygen atoms in total. The highest BCUT2D eigenvalue weighted by atomic mass is 16.3. The van der Waals surface area contributed by atoms with Crippen LogP contribution in [0.5, 0.6) is 0 Å². The smallest absolute Gasteiger partial charge is 0.230 e. The number of hydrogen-bond donors (Lipinski definition) is 1. The first-order valence-corrected chi connectivity index (χ1v) is 2.91. The SMILES string of the molecule is CC(=O)C1=CC(O)=C[C+]=C1. The molecule has 0 unspecified atom stereocenters. The summed E-state index contributed by atoms with van der Waals surface area (Å²) in [5.41, 5.74) is 0.486. The zero-order valence-corrected chi connectivity index (χ0v) is 5.59. The molecular weight excluding hydrogens is 128 g/mol. The van der Waals surface area contributed by atoms with Gasteiger partial charge in [-0.3, -0.25) is 4.79 Å². The normalized spacial score (nSPS) is 15.3. The Bertz CT molecular complexity index is 244. The molecule has 0 bridgehead atoms. The van der Waals surface area contributed by atoms with Crippen molar-refractivity contribution in [1.29, 1.82) is 0 Å². The first-order chi connectivity index (χ1) is 4.70. The Labute approximate surface area is 59.2 Å². The lowest BCUT2D eigenvalue weighted by Gasteiger charge is -1.88. The topological polar surface area (TPSA) is 37.3 Å². The third-order valence-electron chi connectivity index (χ3n) is 1.18. The minimum absolute atomic E-state index is 0.0628. The number of aliphatic hydroxyl groups excluding tert-OH is 1. The molecule has 0 aliphatic heterocycles. The summed E-state index contributed by atoms with van der Waals surface area (Å²) in [6, 6.07) is 0. The largest absolute Gasteiger partial charge is 0.448 e. The standard InChI is InChI=1S/C8H6O2/c1-6(9)7-3-2-4-8(10)5-7/h3-5H,1H3/p+1. The Kier molecular flexibility index (Phi) is 1.65. The summed E-state index contributed by atoms with van der Waals surface area (Å²) >= 11 is 0. The van der Waals surface area contributed by atoms with Gasteiger partial charge >= 0.3 is 0 Å². The summed E-state index contributed by atoms with van der Waals surface area (Å²) in [6.45, 7) is 1.45. The van der Waals surface area contributed by atoms with E-state index < -0.39 is 0 Å². The van der Waals surface area contributed by atoms with Gasteiger partial charge in [0, 0.05) is 13.0 Å². The van der Waals surface area contributed by atoms with Crippen LogP contribution in [0.3, 0.4) is 0 Å². The number of aliphatic hydroxyl groups is 1. The van der Waals surface area contributed by atoms with Crippen LogP contribution in [0.2, 0.25) is 0 Å². The Morgan fingerprint density at radius 2 is 2.40 bits per heavy atom. The monoisotopic (exact) mass is 135 g/mol. The van der Waals surface area contributed by atoms with Gasteiger partial charge in [0.1, 0.15) is 23.8 Å². The fourth-order valence-corrected chi connectivity index (χ4v) is 0.663. The van der Waals surface area contributed by atoms with Gasteiger partial charge in [-0.2, -0.15) is 0 Å². The van der Waals surface area contributed by atoms with Crippen LogP contribution in [0.4, 0.5) is 0 Å². The minimum atomic E-state index is -0.0628. The van der Waals surface area contributed by atoms with Crippen LogP contribution in [0.25, 0.3) is 0 Å². The molecule has 0 spiro atoms. The summed E-state index contributed by atoms with van der Waals surface area (Å²) in [5, 5.41) is 8.88. The maximum absolute atomic E-state index is 10.7. The van der Waals surface area contributed by atoms with Crippen molar-refractivity contribution in [2.45, 2.75) is 6.92 Å². The second-order valence-electron chi connectivity index (χ2n) is 2.04. The van der Waals surface area contributed by atoms with Crippen molar-refractivity contribution in [1.82, 2.24) is 0 Å². The van der Waals surface area contributed by atoms with Crippen LogP contribution in [-0.2, 0) is 4.79 Å². The van der Waals surface area contributed by atoms with Gasteiger partial charge in [-0.05, 0) is 0 Å². The molecule has 0 fully saturated rings. The Morgan fingerprint density at radius 1 is 1.70 bits per heavy atom. The predicted octanol–water partition coefficient (Wildman–Crippen LogP) is 1.32. The first-order valence-electron chi connectivity index (χ1n) is 2.91. The van der Waals surface area contributed by atoms with Crippen LogP contribution in [0.1, 0.15) is 6.92 Å². The zero-order valence-electron chi connectivity index (χ0n) is 5.59. The fraction of sp³-hybridized carbons (Fsp3) is 0.125. The van der Waals surface area contributed by atoms with Gasteiger partial charge in [0.05, 0.1) is 0 Å². The molecule has 0 aromatic carbocycles. The fourth-order valence-electron chi connectivity index (χ4n) is 0.663. The van der Waals surface area contributed by atoms with E-state index in [9.17, 15) is 4.79 Å². The van der Waals surface area contributed by atoms with Gasteiger partial charge in [-0.25, -0.2) is 0 Å². The maximum atomic E-state index is 10.7. The molecule has 0 radical (unpaired) electrons. The second kappa shape index (κ2) is 2.46. The van der Waals surface area contributed by atoms with Crippen molar-refractivity contribution < 1.29 is 9.90 Å². The highest BCUT2D eigenvalue weighted by Gasteiger charge is 2.12. The number of carbonyl (C=O) groups is 1. The van der Waals surface area contributed by atoms with E-state index in [2.05, 4.69) is 6.08 Å². The molecule has 1 N–H and O–H groups in total. The van der Waals surface area contributed by atoms with Crippen molar-refractivity contribution >= 4 is 5.78 Å². The van der Waals surface area contributed by atoms with E-state index in [0.29, 0.717) is 5.57 Å². The highest BCUT2D eigenvalue weighted by Crippen LogP contribution is 2.07. The summed E-state index contributed by atoms with van der Waals surface area (Å²) in [6.07, 6.45) is 7.01. The number of Topliss-reactive ketones (excluding diaryl/α,β-unsaturated/α-hetero) is 1. The van der Waals surface area contributed by atoms with Gasteiger partial charge in [0.15, 0.2) is 0 Å². The average molecular weight is 135 g/mol. The number of ketones is 1. The lowest BCUT2D eigenvalue weighted by molar-refractivity contribution is -0.113. The van der Waals surface area contributed by atoms with Gasteiger partial charge in [-0.1, -0.05) is 0 Å². The second-order valence-corrected chi connectivity index (χ2v) is 2.04. The van der Waals surface area contributed by atoms with Crippen molar-refractivity contribution in [3.63, 3.8) is 0 Å². The van der Waals surface area contributed by atoms with Gasteiger partial charge in [0.2, 0.25) is 11.5 Å². The molecule has 0 aromatic heterocycles. The van der Waals surface area contributed by atoms with E-state index in [1.165, 1.54) is 19.1 Å². The maximum Gasteiger partial charge on any atom is 0.230 e. The lowest BCUT2D eigenvalue weighted by atomic mass is 10.1. The third-order valence-corrected chi connectivity index (χ3v) is 1.18. The number of allylic oxidation sites excluding steroid dienone is 5. The van der Waals surface area contributed by atoms with E-state index in [4.69, 9.17) is 5.11 Å². The molecule has 1 rings (SSSR count). The quantitative estimate of drug-likeness (QED) is 0.550. The van der Waals surface area contributed by atoms with Gasteiger partial charge in [-0.15, -0.1) is 0 Å². The van der Waals surface area contributed by atoms with Crippen molar-refractivity contribution in [2.75, 3.05) is 0 Å². The molecule has 50 valence electrons. The predicted molar refractivity (Wildman–Crippen MR) is 37.3 cm³/mol. The average Bonchev–Trinajstić information content (AvgIpc) is 1.88. The van der Waals surface area contributed by atoms with E-state index in [0.717, 1.165) is 0 Å². The third kappa shape index (κ3) is 1.30. The molecule has 0 amide bonds. The molecule has 0 aromatic rings. The van der Waals surface area contributed by atoms with Crippen molar-refractivity contribution in [2.24, 2.45) is 0 Å². The molecule has 1 aliphatic carbocycles. The summed E-state index contributed by atoms with van der Waals surface area (Å²) in [4.78, 5) is 10.7. The molecule has 0 saturated heterocycles. The van der Waals surface area contributed by atoms with E-state index in [-0.39, 0.29) is 11.5 Å². The lowest BCUT2D eigenvalue weighted by Crippen LogP contribution is -1.96. The molecule has 1 aliphatic rings. The van der Waals surface area contributed by atoms with Crippen LogP contribution in [0.15, 0.2) is 29.6 Å². The highest BCUT2D eigenvalue weighted by molar-refractivity contribution is 5.96. The number of carbonyl (C=O) groups excluding carboxylic acids is 1. The van der Waals surface area contributed by atoms with E-state index in [1.807, 2.05) is 0 Å². The molecule has 0 atom stereocenters. The molecule has 0 saturated carbocycles. The van der Waals surface area contributed by atoms with Crippen LogP contribution in [0, 0.1) is 6.08 Å². The van der Waals surface area contributed by atoms with Gasteiger partial charge < -0.3 is 5.11 Å². The first kappa shape index (κ1) is 6.72. The van der Waals surface area contributed by atoms with Crippen LogP contribution >= 0.6 is 0 Å². The summed E-state index contributed by atoms with van der Waals surface area (Å²) in [5.74, 6) is 0.0138. The Morgan fingerprint density at radius 3 is 2.80 bits per heavy atom. The van der Waals surface area contributed by atoms with E-state index >= 15 is 0 Å². The number of rotatable bonds is 1. The Hall–Kier alpha value is -1.40. The van der Waals surface area contributed by atoms with Crippen LogP contribution < -0.4 is 0 Å². The van der Waals surface area contributed by atoms with E-state index in [1.54, 1.807) is 6.08 Å². The molecule has 2 heteroatoms. The summed E-state index contributed by atoms with van der Waals surface area (Å²) < 4.78 is 0. The molecule has 0 heterocycles. The minimum Gasteiger partial charge on any atom is -0.448 e. The van der Waals surface area contributed by atoms with Crippen LogP contribution in [-0.4, -0.2) is 10.9 Å². The zero-order chi connectivity index (χ0) is 7.56. The molecule has 10 heavy (non-hydrogen) atoms. The molecular formula is C8H7O2+. The van der Waals surface area contributed by atoms with Crippen molar-refractivity contribution in [3.05, 3.63) is 35.6 Å². The van der Waals surface area contributed by atoms with Crippen molar-refractivity contribution in [3.8, 4) is 0 Å². The number of hydrogen-bond acceptors (Lipinski definition) is 2. The summed E-state index contributed by atoms with van der Waals surface area (Å²) in [7, 11) is 0.